The predicted molar refractivity (Wildman–Crippen MR) is 107 cm³/mol. The standard InChI is InChI=1S/C21H30N2O4S/c1-14(24)15-5-7-17(8-6-15)28(26,27)22-12-10-19(25)23-18-13-16-9-11-21(18,4)20(16,2)3/h5-8,16,18,22H,9-13H2,1-4H3,(H,23,25). The Hall–Kier alpha value is -1.73. The number of nitrogens with one attached hydrogen (secondary N) is 2. The second-order valence-corrected chi connectivity index (χ2v) is 10.7. The second kappa shape index (κ2) is 7.26. The number of carbonyl (C=O) groups is 2. The van der Waals surface area contributed by atoms with Crippen molar-refractivity contribution in [2.45, 2.75) is 64.3 Å². The van der Waals surface area contributed by atoms with Crippen LogP contribution in [0.2, 0.25) is 0 Å². The SMILES string of the molecule is CC(=O)c1ccc(S(=O)(=O)NCCC(=O)NC2CC3CCC2(C)C3(C)C)cc1. The molecule has 1 amide bonds. The average molecular weight is 407 g/mol. The first-order valence-electron chi connectivity index (χ1n) is 9.87. The van der Waals surface area contributed by atoms with Gasteiger partial charge in [-0.25, -0.2) is 13.1 Å². The van der Waals surface area contributed by atoms with E-state index in [1.54, 1.807) is 0 Å². The van der Waals surface area contributed by atoms with Crippen molar-refractivity contribution in [1.29, 1.82) is 0 Å². The van der Waals surface area contributed by atoms with Gasteiger partial charge in [-0.3, -0.25) is 9.59 Å². The van der Waals surface area contributed by atoms with Gasteiger partial charge >= 0.3 is 0 Å². The Labute approximate surface area is 167 Å². The predicted octanol–water partition coefficient (Wildman–Crippen LogP) is 2.89. The van der Waals surface area contributed by atoms with Crippen LogP contribution in [-0.4, -0.2) is 32.7 Å². The van der Waals surface area contributed by atoms with Gasteiger partial charge in [0, 0.05) is 24.6 Å². The quantitative estimate of drug-likeness (QED) is 0.681. The molecule has 0 aliphatic heterocycles. The third-order valence-corrected chi connectivity index (χ3v) is 8.82. The van der Waals surface area contributed by atoms with E-state index in [0.29, 0.717) is 11.5 Å². The first-order chi connectivity index (χ1) is 13.0. The molecule has 0 heterocycles. The fourth-order valence-corrected chi connectivity index (χ4v) is 5.97. The Balaban J connectivity index is 1.52. The summed E-state index contributed by atoms with van der Waals surface area (Å²) in [6.07, 6.45) is 3.45. The van der Waals surface area contributed by atoms with E-state index >= 15 is 0 Å². The van der Waals surface area contributed by atoms with Crippen LogP contribution in [0.3, 0.4) is 0 Å². The number of sulfonamides is 1. The maximum Gasteiger partial charge on any atom is 0.240 e. The number of amides is 1. The van der Waals surface area contributed by atoms with Crippen molar-refractivity contribution in [3.63, 3.8) is 0 Å². The van der Waals surface area contributed by atoms with Crippen LogP contribution in [0.5, 0.6) is 0 Å². The zero-order chi connectivity index (χ0) is 20.7. The Morgan fingerprint density at radius 3 is 2.29 bits per heavy atom. The van der Waals surface area contributed by atoms with Crippen LogP contribution >= 0.6 is 0 Å². The number of rotatable bonds is 7. The van der Waals surface area contributed by atoms with Gasteiger partial charge in [-0.05, 0) is 55.1 Å². The summed E-state index contributed by atoms with van der Waals surface area (Å²) in [6.45, 7) is 8.32. The molecule has 2 aliphatic rings. The highest BCUT2D eigenvalue weighted by Crippen LogP contribution is 2.65. The van der Waals surface area contributed by atoms with Gasteiger partial charge in [-0.15, -0.1) is 0 Å². The molecule has 6 nitrogen and oxygen atoms in total. The lowest BCUT2D eigenvalue weighted by Gasteiger charge is -2.39. The molecule has 7 heteroatoms. The Morgan fingerprint density at radius 2 is 1.79 bits per heavy atom. The minimum Gasteiger partial charge on any atom is -0.353 e. The summed E-state index contributed by atoms with van der Waals surface area (Å²) in [5, 5.41) is 3.14. The summed E-state index contributed by atoms with van der Waals surface area (Å²) in [5.41, 5.74) is 0.782. The number of hydrogen-bond acceptors (Lipinski definition) is 4. The molecule has 1 aromatic carbocycles. The minimum absolute atomic E-state index is 0.0406. The van der Waals surface area contributed by atoms with E-state index in [9.17, 15) is 18.0 Å². The maximum atomic E-state index is 12.4. The largest absolute Gasteiger partial charge is 0.353 e. The van der Waals surface area contributed by atoms with E-state index in [1.165, 1.54) is 37.6 Å². The number of ketones is 1. The number of fused-ring (bicyclic) bond motifs is 2. The van der Waals surface area contributed by atoms with Gasteiger partial charge in [-0.2, -0.15) is 0 Å². The Kier molecular flexibility index (Phi) is 5.44. The van der Waals surface area contributed by atoms with Crippen LogP contribution in [0.1, 0.15) is 63.7 Å². The van der Waals surface area contributed by atoms with Gasteiger partial charge < -0.3 is 5.32 Å². The van der Waals surface area contributed by atoms with Gasteiger partial charge in [0.05, 0.1) is 4.90 Å². The summed E-state index contributed by atoms with van der Waals surface area (Å²) in [5.74, 6) is 0.398. The molecule has 0 spiro atoms. The molecule has 154 valence electrons. The highest BCUT2D eigenvalue weighted by Gasteiger charge is 2.61. The van der Waals surface area contributed by atoms with Crippen LogP contribution in [0.15, 0.2) is 29.2 Å². The molecular formula is C21H30N2O4S. The maximum absolute atomic E-state index is 12.4. The summed E-state index contributed by atoms with van der Waals surface area (Å²) < 4.78 is 27.2. The van der Waals surface area contributed by atoms with Crippen LogP contribution in [-0.2, 0) is 14.8 Å². The molecule has 28 heavy (non-hydrogen) atoms. The molecule has 3 atom stereocenters. The van der Waals surface area contributed by atoms with Gasteiger partial charge in [0.2, 0.25) is 15.9 Å². The van der Waals surface area contributed by atoms with E-state index in [0.717, 1.165) is 12.8 Å². The number of Topliss-reactive ketones (excluding diaryl/α,β-unsaturated/α-hetero) is 1. The minimum atomic E-state index is -3.71. The summed E-state index contributed by atoms with van der Waals surface area (Å²) in [4.78, 5) is 23.8. The highest BCUT2D eigenvalue weighted by molar-refractivity contribution is 7.89. The molecule has 2 bridgehead atoms. The number of benzene rings is 1. The molecule has 2 saturated carbocycles. The molecule has 3 rings (SSSR count). The smallest absolute Gasteiger partial charge is 0.240 e. The normalized spacial score (nSPS) is 28.3. The molecular weight excluding hydrogens is 376 g/mol. The van der Waals surface area contributed by atoms with E-state index in [1.807, 2.05) is 0 Å². The van der Waals surface area contributed by atoms with E-state index in [2.05, 4.69) is 30.8 Å². The summed E-state index contributed by atoms with van der Waals surface area (Å²) in [6, 6.07) is 5.93. The zero-order valence-electron chi connectivity index (χ0n) is 17.0. The van der Waals surface area contributed by atoms with Crippen molar-refractivity contribution in [2.75, 3.05) is 6.54 Å². The molecule has 2 aliphatic carbocycles. The molecule has 3 unspecified atom stereocenters. The average Bonchev–Trinajstić information content (AvgIpc) is 2.95. The molecule has 0 saturated heterocycles. The second-order valence-electron chi connectivity index (χ2n) is 8.96. The van der Waals surface area contributed by atoms with Gasteiger partial charge in [0.25, 0.3) is 0 Å². The van der Waals surface area contributed by atoms with Crippen molar-refractivity contribution in [3.8, 4) is 0 Å². The first kappa shape index (κ1) is 21.0. The van der Waals surface area contributed by atoms with Crippen molar-refractivity contribution in [2.24, 2.45) is 16.7 Å². The van der Waals surface area contributed by atoms with Gasteiger partial charge in [0.15, 0.2) is 5.78 Å². The Morgan fingerprint density at radius 1 is 1.14 bits per heavy atom. The lowest BCUT2D eigenvalue weighted by molar-refractivity contribution is -0.122. The Bertz CT molecular complexity index is 876. The number of carbonyl (C=O) groups excluding carboxylic acids is 2. The van der Waals surface area contributed by atoms with Crippen molar-refractivity contribution >= 4 is 21.7 Å². The van der Waals surface area contributed by atoms with Crippen molar-refractivity contribution < 1.29 is 18.0 Å². The van der Waals surface area contributed by atoms with Crippen molar-refractivity contribution in [1.82, 2.24) is 10.0 Å². The van der Waals surface area contributed by atoms with E-state index < -0.39 is 10.0 Å². The zero-order valence-corrected chi connectivity index (χ0v) is 17.9. The lowest BCUT2D eigenvalue weighted by atomic mass is 9.69. The topological polar surface area (TPSA) is 92.3 Å². The number of hydrogen-bond donors (Lipinski definition) is 2. The molecule has 2 fully saturated rings. The monoisotopic (exact) mass is 406 g/mol. The highest BCUT2D eigenvalue weighted by atomic mass is 32.2. The van der Waals surface area contributed by atoms with Crippen LogP contribution in [0, 0.1) is 16.7 Å². The summed E-state index contributed by atoms with van der Waals surface area (Å²) >= 11 is 0. The molecule has 1 aromatic rings. The van der Waals surface area contributed by atoms with Crippen LogP contribution in [0.4, 0.5) is 0 Å². The fourth-order valence-electron chi connectivity index (χ4n) is 4.94. The van der Waals surface area contributed by atoms with Crippen LogP contribution < -0.4 is 10.0 Å². The first-order valence-corrected chi connectivity index (χ1v) is 11.4. The molecule has 2 N–H and O–H groups in total. The van der Waals surface area contributed by atoms with Crippen molar-refractivity contribution in [3.05, 3.63) is 29.8 Å². The molecule has 0 radical (unpaired) electrons. The van der Waals surface area contributed by atoms with Gasteiger partial charge in [0.1, 0.15) is 0 Å². The lowest BCUT2D eigenvalue weighted by Crippen LogP contribution is -2.47. The van der Waals surface area contributed by atoms with Gasteiger partial charge in [-0.1, -0.05) is 32.9 Å². The van der Waals surface area contributed by atoms with E-state index in [-0.39, 0.29) is 46.4 Å². The van der Waals surface area contributed by atoms with Crippen LogP contribution in [0.25, 0.3) is 0 Å². The molecule has 0 aromatic heterocycles. The third kappa shape index (κ3) is 3.62. The fraction of sp³-hybridized carbons (Fsp3) is 0.619. The van der Waals surface area contributed by atoms with E-state index in [4.69, 9.17) is 0 Å². The third-order valence-electron chi connectivity index (χ3n) is 7.34. The summed E-state index contributed by atoms with van der Waals surface area (Å²) in [7, 11) is -3.71.